The Morgan fingerprint density at radius 1 is 1.21 bits per heavy atom. The summed E-state index contributed by atoms with van der Waals surface area (Å²) in [4.78, 5) is 28.2. The van der Waals surface area contributed by atoms with Gasteiger partial charge in [0.15, 0.2) is 5.69 Å². The highest BCUT2D eigenvalue weighted by atomic mass is 35.5. The van der Waals surface area contributed by atoms with Gasteiger partial charge in [0.05, 0.1) is 23.4 Å². The minimum Gasteiger partial charge on any atom is -0.495 e. The number of carbonyl (C=O) groups excluding carboxylic acids is 2. The topological polar surface area (TPSA) is 91.5 Å². The van der Waals surface area contributed by atoms with Gasteiger partial charge in [-0.05, 0) is 19.9 Å². The number of benzene rings is 1. The van der Waals surface area contributed by atoms with E-state index in [0.29, 0.717) is 24.5 Å². The number of Topliss-reactive ketones (excluding diaryl/α,β-unsaturated/α-hetero) is 1. The standard InChI is InChI=1S/C21H21ClF3N5O3/c1-12-13(2)30(27-20(12)21(23,24)25)11-19(32)29-6-4-28(5-7-29)16-9-18(33-3)15(22)8-14(16)17(31)10-26/h8-9H,4-7,11H2,1-3H3. The predicted octanol–water partition coefficient (Wildman–Crippen LogP) is 3.24. The first-order valence-electron chi connectivity index (χ1n) is 9.93. The number of carbonyl (C=O) groups is 2. The van der Waals surface area contributed by atoms with Crippen LogP contribution in [-0.4, -0.2) is 59.7 Å². The molecule has 33 heavy (non-hydrogen) atoms. The Balaban J connectivity index is 1.74. The van der Waals surface area contributed by atoms with Crippen LogP contribution in [0.25, 0.3) is 0 Å². The summed E-state index contributed by atoms with van der Waals surface area (Å²) in [6.45, 7) is 3.73. The molecule has 1 fully saturated rings. The minimum atomic E-state index is -4.59. The van der Waals surface area contributed by atoms with Crippen molar-refractivity contribution in [1.29, 1.82) is 5.26 Å². The molecular formula is C21H21ClF3N5O3. The fourth-order valence-electron chi connectivity index (χ4n) is 3.69. The number of nitriles is 1. The summed E-state index contributed by atoms with van der Waals surface area (Å²) in [6.07, 6.45) is -4.59. The van der Waals surface area contributed by atoms with E-state index >= 15 is 0 Å². The van der Waals surface area contributed by atoms with Crippen molar-refractivity contribution in [3.63, 3.8) is 0 Å². The van der Waals surface area contributed by atoms with E-state index in [2.05, 4.69) is 5.10 Å². The van der Waals surface area contributed by atoms with E-state index in [4.69, 9.17) is 21.6 Å². The predicted molar refractivity (Wildman–Crippen MR) is 113 cm³/mol. The van der Waals surface area contributed by atoms with Gasteiger partial charge >= 0.3 is 6.18 Å². The van der Waals surface area contributed by atoms with Gasteiger partial charge in [-0.1, -0.05) is 11.6 Å². The number of nitrogens with zero attached hydrogens (tertiary/aromatic N) is 5. The fraction of sp³-hybridized carbons (Fsp3) is 0.429. The van der Waals surface area contributed by atoms with Crippen LogP contribution in [0.4, 0.5) is 18.9 Å². The van der Waals surface area contributed by atoms with Crippen LogP contribution in [0.15, 0.2) is 12.1 Å². The Kier molecular flexibility index (Phi) is 6.88. The molecule has 0 N–H and O–H groups in total. The largest absolute Gasteiger partial charge is 0.495 e. The molecule has 1 amide bonds. The number of ketones is 1. The van der Waals surface area contributed by atoms with Gasteiger partial charge in [0.2, 0.25) is 5.91 Å². The Bertz CT molecular complexity index is 1130. The SMILES string of the molecule is COc1cc(N2CCN(C(=O)Cn3nc(C(F)(F)F)c(C)c3C)CC2)c(C(=O)C#N)cc1Cl. The molecule has 1 aromatic carbocycles. The van der Waals surface area contributed by atoms with E-state index in [1.54, 1.807) is 12.1 Å². The molecule has 2 aromatic rings. The van der Waals surface area contributed by atoms with Gasteiger partial charge in [-0.25, -0.2) is 0 Å². The summed E-state index contributed by atoms with van der Waals surface area (Å²) >= 11 is 6.10. The van der Waals surface area contributed by atoms with E-state index in [0.717, 1.165) is 4.68 Å². The third-order valence-electron chi connectivity index (χ3n) is 5.65. The number of methoxy groups -OCH3 is 1. The molecule has 12 heteroatoms. The van der Waals surface area contributed by atoms with Crippen LogP contribution in [0.5, 0.6) is 5.75 Å². The monoisotopic (exact) mass is 483 g/mol. The zero-order chi connectivity index (χ0) is 24.5. The first-order chi connectivity index (χ1) is 15.5. The number of hydrogen-bond acceptors (Lipinski definition) is 6. The molecule has 0 unspecified atom stereocenters. The van der Waals surface area contributed by atoms with Crippen LogP contribution in [0.3, 0.4) is 0 Å². The summed E-state index contributed by atoms with van der Waals surface area (Å²) in [5, 5.41) is 12.8. The molecule has 1 aliphatic heterocycles. The number of piperazine rings is 1. The van der Waals surface area contributed by atoms with Crippen molar-refractivity contribution in [2.24, 2.45) is 0 Å². The maximum absolute atomic E-state index is 13.1. The van der Waals surface area contributed by atoms with E-state index in [1.807, 2.05) is 4.90 Å². The second-order valence-corrected chi connectivity index (χ2v) is 7.93. The van der Waals surface area contributed by atoms with Crippen LogP contribution in [0.1, 0.15) is 27.3 Å². The van der Waals surface area contributed by atoms with Gasteiger partial charge in [-0.2, -0.15) is 23.5 Å². The molecule has 0 radical (unpaired) electrons. The van der Waals surface area contributed by atoms with E-state index in [-0.39, 0.29) is 47.4 Å². The molecule has 0 aliphatic carbocycles. The molecule has 176 valence electrons. The Labute approximate surface area is 193 Å². The number of alkyl halides is 3. The van der Waals surface area contributed by atoms with Crippen molar-refractivity contribution in [2.45, 2.75) is 26.6 Å². The summed E-state index contributed by atoms with van der Waals surface area (Å²) < 4.78 is 45.6. The lowest BCUT2D eigenvalue weighted by molar-refractivity contribution is -0.142. The van der Waals surface area contributed by atoms with Crippen molar-refractivity contribution in [2.75, 3.05) is 38.2 Å². The number of hydrogen-bond donors (Lipinski definition) is 0. The fourth-order valence-corrected chi connectivity index (χ4v) is 3.93. The van der Waals surface area contributed by atoms with Crippen molar-refractivity contribution in [1.82, 2.24) is 14.7 Å². The highest BCUT2D eigenvalue weighted by Gasteiger charge is 2.37. The van der Waals surface area contributed by atoms with E-state index in [9.17, 15) is 22.8 Å². The average molecular weight is 484 g/mol. The number of anilines is 1. The number of amides is 1. The van der Waals surface area contributed by atoms with Gasteiger partial charge in [0.25, 0.3) is 5.78 Å². The third kappa shape index (κ3) is 4.90. The second kappa shape index (κ2) is 9.31. The maximum Gasteiger partial charge on any atom is 0.435 e. The van der Waals surface area contributed by atoms with Crippen LogP contribution in [-0.2, 0) is 17.5 Å². The minimum absolute atomic E-state index is 0.00788. The smallest absolute Gasteiger partial charge is 0.435 e. The molecule has 0 atom stereocenters. The van der Waals surface area contributed by atoms with Crippen LogP contribution >= 0.6 is 11.6 Å². The molecule has 3 rings (SSSR count). The average Bonchev–Trinajstić information content (AvgIpc) is 3.07. The van der Waals surface area contributed by atoms with E-state index < -0.39 is 17.7 Å². The van der Waals surface area contributed by atoms with Gasteiger partial charge in [0, 0.05) is 43.5 Å². The third-order valence-corrected chi connectivity index (χ3v) is 5.94. The summed E-state index contributed by atoms with van der Waals surface area (Å²) in [5.74, 6) is -0.779. The zero-order valence-electron chi connectivity index (χ0n) is 18.2. The Hall–Kier alpha value is -3.26. The molecule has 0 spiro atoms. The maximum atomic E-state index is 13.1. The van der Waals surface area contributed by atoms with Crippen molar-refractivity contribution in [3.05, 3.63) is 39.7 Å². The summed E-state index contributed by atoms with van der Waals surface area (Å²) in [5.41, 5.74) is -0.133. The Morgan fingerprint density at radius 2 is 1.85 bits per heavy atom. The summed E-state index contributed by atoms with van der Waals surface area (Å²) in [6, 6.07) is 4.53. The zero-order valence-corrected chi connectivity index (χ0v) is 18.9. The summed E-state index contributed by atoms with van der Waals surface area (Å²) in [7, 11) is 1.43. The first kappa shape index (κ1) is 24.4. The lowest BCUT2D eigenvalue weighted by Gasteiger charge is -2.37. The first-order valence-corrected chi connectivity index (χ1v) is 10.3. The highest BCUT2D eigenvalue weighted by molar-refractivity contribution is 6.33. The molecule has 0 saturated carbocycles. The van der Waals surface area contributed by atoms with Crippen LogP contribution < -0.4 is 9.64 Å². The van der Waals surface area contributed by atoms with Gasteiger partial charge < -0.3 is 14.5 Å². The molecular weight excluding hydrogens is 463 g/mol. The van der Waals surface area contributed by atoms with Crippen molar-refractivity contribution < 1.29 is 27.5 Å². The lowest BCUT2D eigenvalue weighted by Crippen LogP contribution is -2.50. The molecule has 1 saturated heterocycles. The number of rotatable bonds is 5. The van der Waals surface area contributed by atoms with Crippen LogP contribution in [0, 0.1) is 25.2 Å². The van der Waals surface area contributed by atoms with Gasteiger partial charge in [0.1, 0.15) is 18.4 Å². The molecule has 0 bridgehead atoms. The van der Waals surface area contributed by atoms with Gasteiger partial charge in [-0.15, -0.1) is 0 Å². The van der Waals surface area contributed by atoms with Crippen molar-refractivity contribution in [3.8, 4) is 11.8 Å². The number of ether oxygens (including phenoxy) is 1. The quantitative estimate of drug-likeness (QED) is 0.479. The Morgan fingerprint density at radius 3 is 2.36 bits per heavy atom. The van der Waals surface area contributed by atoms with Crippen LogP contribution in [0.2, 0.25) is 5.02 Å². The lowest BCUT2D eigenvalue weighted by atomic mass is 10.1. The number of halogens is 4. The molecule has 8 nitrogen and oxygen atoms in total. The van der Waals surface area contributed by atoms with Gasteiger partial charge in [-0.3, -0.25) is 14.3 Å². The number of aromatic nitrogens is 2. The second-order valence-electron chi connectivity index (χ2n) is 7.53. The van der Waals surface area contributed by atoms with E-state index in [1.165, 1.54) is 31.9 Å². The molecule has 1 aliphatic rings. The molecule has 1 aromatic heterocycles. The highest BCUT2D eigenvalue weighted by Crippen LogP contribution is 2.34. The van der Waals surface area contributed by atoms with Crippen molar-refractivity contribution >= 4 is 29.0 Å². The molecule has 2 heterocycles. The normalized spacial score (nSPS) is 14.2.